The molecule has 2 atom stereocenters. The number of hydrogen-bond donors (Lipinski definition) is 1. The Morgan fingerprint density at radius 2 is 1.89 bits per heavy atom. The zero-order valence-electron chi connectivity index (χ0n) is 12.2. The van der Waals surface area contributed by atoms with Gasteiger partial charge in [-0.2, -0.15) is 0 Å². The largest absolute Gasteiger partial charge is 0.497 e. The lowest BCUT2D eigenvalue weighted by molar-refractivity contribution is -0.135. The number of hydrogen-bond acceptors (Lipinski definition) is 3. The Morgan fingerprint density at radius 1 is 1.32 bits per heavy atom. The molecule has 4 heteroatoms. The fourth-order valence-corrected chi connectivity index (χ4v) is 1.88. The van der Waals surface area contributed by atoms with E-state index in [1.165, 1.54) is 0 Å². The van der Waals surface area contributed by atoms with Crippen molar-refractivity contribution in [2.45, 2.75) is 20.4 Å². The van der Waals surface area contributed by atoms with Crippen LogP contribution in [-0.4, -0.2) is 31.5 Å². The van der Waals surface area contributed by atoms with E-state index in [-0.39, 0.29) is 17.7 Å². The van der Waals surface area contributed by atoms with Crippen LogP contribution in [0.1, 0.15) is 19.4 Å². The maximum absolute atomic E-state index is 12.2. The van der Waals surface area contributed by atoms with Gasteiger partial charge < -0.3 is 15.4 Å². The lowest BCUT2D eigenvalue weighted by atomic mass is 9.95. The number of carbonyl (C=O) groups is 1. The molecule has 1 rings (SSSR count). The molecule has 0 saturated carbocycles. The van der Waals surface area contributed by atoms with E-state index in [1.54, 1.807) is 12.0 Å². The molecule has 106 valence electrons. The molecule has 2 unspecified atom stereocenters. The Bertz CT molecular complexity index is 403. The number of nitrogens with zero attached hydrogens (tertiary/aromatic N) is 1. The van der Waals surface area contributed by atoms with E-state index >= 15 is 0 Å². The van der Waals surface area contributed by atoms with E-state index in [0.717, 1.165) is 11.3 Å². The van der Waals surface area contributed by atoms with Gasteiger partial charge in [0.2, 0.25) is 5.91 Å². The number of rotatable bonds is 6. The summed E-state index contributed by atoms with van der Waals surface area (Å²) in [6.45, 7) is 5.07. The number of carbonyl (C=O) groups excluding carboxylic acids is 1. The summed E-state index contributed by atoms with van der Waals surface area (Å²) >= 11 is 0. The van der Waals surface area contributed by atoms with Crippen LogP contribution in [0.5, 0.6) is 5.75 Å². The zero-order valence-corrected chi connectivity index (χ0v) is 12.2. The predicted octanol–water partition coefficient (Wildman–Crippen LogP) is 1.88. The van der Waals surface area contributed by atoms with E-state index in [9.17, 15) is 4.79 Å². The summed E-state index contributed by atoms with van der Waals surface area (Å²) in [6.07, 6.45) is 0. The van der Waals surface area contributed by atoms with Gasteiger partial charge in [-0.1, -0.05) is 26.0 Å². The minimum absolute atomic E-state index is 0.0479. The molecule has 0 heterocycles. The molecule has 0 fully saturated rings. The molecule has 0 aromatic heterocycles. The third kappa shape index (κ3) is 4.24. The lowest BCUT2D eigenvalue weighted by Gasteiger charge is -2.24. The van der Waals surface area contributed by atoms with Gasteiger partial charge in [0.05, 0.1) is 7.11 Å². The van der Waals surface area contributed by atoms with Crippen molar-refractivity contribution in [3.63, 3.8) is 0 Å². The van der Waals surface area contributed by atoms with Crippen molar-refractivity contribution in [3.8, 4) is 5.75 Å². The van der Waals surface area contributed by atoms with Crippen molar-refractivity contribution < 1.29 is 9.53 Å². The average Bonchev–Trinajstić information content (AvgIpc) is 2.45. The van der Waals surface area contributed by atoms with Crippen molar-refractivity contribution in [1.29, 1.82) is 0 Å². The molecule has 1 amide bonds. The molecule has 0 spiro atoms. The molecule has 0 aliphatic heterocycles. The average molecular weight is 264 g/mol. The summed E-state index contributed by atoms with van der Waals surface area (Å²) in [6, 6.07) is 7.75. The first-order valence-electron chi connectivity index (χ1n) is 6.57. The van der Waals surface area contributed by atoms with Crippen molar-refractivity contribution in [2.24, 2.45) is 17.6 Å². The molecule has 2 N–H and O–H groups in total. The first-order valence-corrected chi connectivity index (χ1v) is 6.57. The van der Waals surface area contributed by atoms with Crippen LogP contribution in [0, 0.1) is 11.8 Å². The van der Waals surface area contributed by atoms with E-state index in [2.05, 4.69) is 0 Å². The molecule has 0 aliphatic carbocycles. The highest BCUT2D eigenvalue weighted by Gasteiger charge is 2.22. The van der Waals surface area contributed by atoms with Crippen LogP contribution in [0.2, 0.25) is 0 Å². The topological polar surface area (TPSA) is 55.6 Å². The summed E-state index contributed by atoms with van der Waals surface area (Å²) < 4.78 is 5.11. The molecule has 0 aliphatic rings. The quantitative estimate of drug-likeness (QED) is 0.853. The second-order valence-electron chi connectivity index (χ2n) is 5.04. The van der Waals surface area contributed by atoms with Crippen LogP contribution in [0.3, 0.4) is 0 Å². The van der Waals surface area contributed by atoms with Crippen LogP contribution in [-0.2, 0) is 11.3 Å². The molecule has 1 aromatic rings. The smallest absolute Gasteiger partial charge is 0.225 e. The van der Waals surface area contributed by atoms with Gasteiger partial charge in [0.1, 0.15) is 5.75 Å². The highest BCUT2D eigenvalue weighted by Crippen LogP contribution is 2.16. The SMILES string of the molecule is COc1ccc(CN(C)C(=O)C(C)C(C)CN)cc1. The molecule has 19 heavy (non-hydrogen) atoms. The molecular formula is C15H24N2O2. The Kier molecular flexibility index (Phi) is 5.83. The summed E-state index contributed by atoms with van der Waals surface area (Å²) in [5.41, 5.74) is 6.70. The van der Waals surface area contributed by atoms with Gasteiger partial charge in [-0.25, -0.2) is 0 Å². The van der Waals surface area contributed by atoms with Crippen LogP contribution in [0.15, 0.2) is 24.3 Å². The van der Waals surface area contributed by atoms with E-state index in [4.69, 9.17) is 10.5 Å². The summed E-state index contributed by atoms with van der Waals surface area (Å²) in [5.74, 6) is 1.11. The van der Waals surface area contributed by atoms with Gasteiger partial charge in [0.15, 0.2) is 0 Å². The van der Waals surface area contributed by atoms with Crippen LogP contribution >= 0.6 is 0 Å². The van der Waals surface area contributed by atoms with Crippen molar-refractivity contribution >= 4 is 5.91 Å². The van der Waals surface area contributed by atoms with Crippen molar-refractivity contribution in [2.75, 3.05) is 20.7 Å². The minimum atomic E-state index is -0.0479. The van der Waals surface area contributed by atoms with Crippen LogP contribution in [0.25, 0.3) is 0 Å². The summed E-state index contributed by atoms with van der Waals surface area (Å²) in [5, 5.41) is 0. The Morgan fingerprint density at radius 3 is 2.37 bits per heavy atom. The standard InChI is InChI=1S/C15H24N2O2/c1-11(9-16)12(2)15(18)17(3)10-13-5-7-14(19-4)8-6-13/h5-8,11-12H,9-10,16H2,1-4H3. The van der Waals surface area contributed by atoms with Gasteiger partial charge in [0, 0.05) is 19.5 Å². The molecule has 0 bridgehead atoms. The summed E-state index contributed by atoms with van der Waals surface area (Å²) in [7, 11) is 3.47. The molecule has 4 nitrogen and oxygen atoms in total. The number of nitrogens with two attached hydrogens (primary N) is 1. The number of amides is 1. The monoisotopic (exact) mass is 264 g/mol. The predicted molar refractivity (Wildman–Crippen MR) is 76.9 cm³/mol. The highest BCUT2D eigenvalue weighted by atomic mass is 16.5. The third-order valence-corrected chi connectivity index (χ3v) is 3.57. The second kappa shape index (κ2) is 7.14. The lowest BCUT2D eigenvalue weighted by Crippen LogP contribution is -2.36. The van der Waals surface area contributed by atoms with E-state index in [0.29, 0.717) is 13.1 Å². The van der Waals surface area contributed by atoms with Gasteiger partial charge in [-0.3, -0.25) is 4.79 Å². The normalized spacial score (nSPS) is 13.7. The molecule has 1 aromatic carbocycles. The Balaban J connectivity index is 2.62. The van der Waals surface area contributed by atoms with E-state index in [1.807, 2.05) is 45.2 Å². The van der Waals surface area contributed by atoms with Gasteiger partial charge in [0.25, 0.3) is 0 Å². The van der Waals surface area contributed by atoms with Gasteiger partial charge in [-0.05, 0) is 30.2 Å². The van der Waals surface area contributed by atoms with Gasteiger partial charge in [-0.15, -0.1) is 0 Å². The van der Waals surface area contributed by atoms with Crippen LogP contribution in [0.4, 0.5) is 0 Å². The fraction of sp³-hybridized carbons (Fsp3) is 0.533. The Labute approximate surface area is 115 Å². The molecular weight excluding hydrogens is 240 g/mol. The van der Waals surface area contributed by atoms with Crippen molar-refractivity contribution in [3.05, 3.63) is 29.8 Å². The van der Waals surface area contributed by atoms with E-state index < -0.39 is 0 Å². The maximum atomic E-state index is 12.2. The minimum Gasteiger partial charge on any atom is -0.497 e. The number of methoxy groups -OCH3 is 1. The van der Waals surface area contributed by atoms with Crippen molar-refractivity contribution in [1.82, 2.24) is 4.90 Å². The molecule has 0 saturated heterocycles. The zero-order chi connectivity index (χ0) is 14.4. The second-order valence-corrected chi connectivity index (χ2v) is 5.04. The van der Waals surface area contributed by atoms with Crippen LogP contribution < -0.4 is 10.5 Å². The first-order chi connectivity index (χ1) is 8.99. The molecule has 0 radical (unpaired) electrons. The third-order valence-electron chi connectivity index (χ3n) is 3.57. The maximum Gasteiger partial charge on any atom is 0.225 e. The fourth-order valence-electron chi connectivity index (χ4n) is 1.88. The highest BCUT2D eigenvalue weighted by molar-refractivity contribution is 5.78. The Hall–Kier alpha value is -1.55. The number of benzene rings is 1. The van der Waals surface area contributed by atoms with Gasteiger partial charge >= 0.3 is 0 Å². The number of ether oxygens (including phenoxy) is 1. The first kappa shape index (κ1) is 15.5. The summed E-state index contributed by atoms with van der Waals surface area (Å²) in [4.78, 5) is 14.0.